The van der Waals surface area contributed by atoms with Crippen molar-refractivity contribution in [1.82, 2.24) is 9.78 Å². The molecule has 2 rings (SSSR count). The van der Waals surface area contributed by atoms with Crippen LogP contribution in [0.3, 0.4) is 0 Å². The SMILES string of the molecule is FC(F)(F)c1cc(C(F)(F)F)n(-c2ccccc2)n1. The van der Waals surface area contributed by atoms with E-state index in [1.807, 2.05) is 0 Å². The first kappa shape index (κ1) is 13.4. The molecule has 0 radical (unpaired) electrons. The number of aromatic nitrogens is 2. The molecule has 0 aliphatic carbocycles. The van der Waals surface area contributed by atoms with Crippen molar-refractivity contribution in [2.45, 2.75) is 12.4 Å². The number of nitrogens with zero attached hydrogens (tertiary/aromatic N) is 2. The number of hydrogen-bond donors (Lipinski definition) is 0. The van der Waals surface area contributed by atoms with E-state index in [0.29, 0.717) is 0 Å². The number of rotatable bonds is 1. The number of alkyl halides is 6. The van der Waals surface area contributed by atoms with E-state index in [4.69, 9.17) is 0 Å². The van der Waals surface area contributed by atoms with Gasteiger partial charge in [-0.05, 0) is 12.1 Å². The molecule has 0 amide bonds. The van der Waals surface area contributed by atoms with Gasteiger partial charge in [-0.15, -0.1) is 0 Å². The molecule has 0 atom stereocenters. The monoisotopic (exact) mass is 280 g/mol. The fourth-order valence-corrected chi connectivity index (χ4v) is 1.49. The van der Waals surface area contributed by atoms with Crippen LogP contribution in [0.1, 0.15) is 11.4 Å². The minimum atomic E-state index is -4.93. The number of para-hydroxylation sites is 1. The Morgan fingerprint density at radius 3 is 1.89 bits per heavy atom. The van der Waals surface area contributed by atoms with Crippen LogP contribution in [0.5, 0.6) is 0 Å². The van der Waals surface area contributed by atoms with Crippen LogP contribution in [0.25, 0.3) is 5.69 Å². The van der Waals surface area contributed by atoms with Gasteiger partial charge in [-0.25, -0.2) is 4.68 Å². The lowest BCUT2D eigenvalue weighted by molar-refractivity contribution is -0.143. The van der Waals surface area contributed by atoms with E-state index in [-0.39, 0.29) is 16.4 Å². The molecule has 2 nitrogen and oxygen atoms in total. The van der Waals surface area contributed by atoms with E-state index in [1.54, 1.807) is 0 Å². The zero-order valence-electron chi connectivity index (χ0n) is 9.13. The first-order valence-electron chi connectivity index (χ1n) is 4.99. The number of halogens is 6. The summed E-state index contributed by atoms with van der Waals surface area (Å²) in [7, 11) is 0. The summed E-state index contributed by atoms with van der Waals surface area (Å²) in [6, 6.07) is 6.82. The summed E-state index contributed by atoms with van der Waals surface area (Å²) in [5.74, 6) is 0. The van der Waals surface area contributed by atoms with Crippen molar-refractivity contribution in [2.75, 3.05) is 0 Å². The number of hydrogen-bond acceptors (Lipinski definition) is 1. The number of benzene rings is 1. The maximum Gasteiger partial charge on any atom is 0.435 e. The Bertz CT molecular complexity index is 567. The van der Waals surface area contributed by atoms with Gasteiger partial charge in [0, 0.05) is 6.07 Å². The van der Waals surface area contributed by atoms with Gasteiger partial charge in [0.1, 0.15) is 5.69 Å². The third-order valence-electron chi connectivity index (χ3n) is 2.29. The van der Waals surface area contributed by atoms with Gasteiger partial charge in [-0.1, -0.05) is 18.2 Å². The van der Waals surface area contributed by atoms with E-state index in [9.17, 15) is 26.3 Å². The smallest absolute Gasteiger partial charge is 0.228 e. The van der Waals surface area contributed by atoms with E-state index in [0.717, 1.165) is 0 Å². The lowest BCUT2D eigenvalue weighted by Gasteiger charge is -2.09. The van der Waals surface area contributed by atoms with Crippen LogP contribution in [0, 0.1) is 0 Å². The third kappa shape index (κ3) is 2.72. The molecule has 1 aromatic heterocycles. The summed E-state index contributed by atoms with van der Waals surface area (Å²) in [5, 5.41) is 2.99. The standard InChI is InChI=1S/C11H6F6N2/c12-10(13,14)8-6-9(11(15,16)17)19(18-8)7-4-2-1-3-5-7/h1-6H. The second kappa shape index (κ2) is 4.29. The van der Waals surface area contributed by atoms with Gasteiger partial charge in [-0.3, -0.25) is 0 Å². The highest BCUT2D eigenvalue weighted by atomic mass is 19.4. The van der Waals surface area contributed by atoms with Gasteiger partial charge in [-0.2, -0.15) is 31.4 Å². The molecule has 1 heterocycles. The van der Waals surface area contributed by atoms with Crippen LogP contribution in [-0.4, -0.2) is 9.78 Å². The minimum absolute atomic E-state index is 0.00694. The summed E-state index contributed by atoms with van der Waals surface area (Å²) in [4.78, 5) is 0. The lowest BCUT2D eigenvalue weighted by Crippen LogP contribution is -2.13. The highest BCUT2D eigenvalue weighted by molar-refractivity contribution is 5.34. The molecule has 0 aliphatic heterocycles. The molecule has 0 spiro atoms. The van der Waals surface area contributed by atoms with Crippen molar-refractivity contribution in [3.05, 3.63) is 47.8 Å². The Balaban J connectivity index is 2.63. The van der Waals surface area contributed by atoms with Gasteiger partial charge in [0.05, 0.1) is 5.69 Å². The Morgan fingerprint density at radius 1 is 0.842 bits per heavy atom. The molecule has 0 bridgehead atoms. The van der Waals surface area contributed by atoms with Crippen molar-refractivity contribution >= 4 is 0 Å². The van der Waals surface area contributed by atoms with E-state index < -0.39 is 23.7 Å². The molecule has 0 aliphatic rings. The normalized spacial score (nSPS) is 12.7. The van der Waals surface area contributed by atoms with Crippen LogP contribution in [0.15, 0.2) is 36.4 Å². The molecule has 0 unspecified atom stereocenters. The van der Waals surface area contributed by atoms with Crippen LogP contribution < -0.4 is 0 Å². The van der Waals surface area contributed by atoms with E-state index in [2.05, 4.69) is 5.10 Å². The maximum atomic E-state index is 12.7. The zero-order valence-corrected chi connectivity index (χ0v) is 9.13. The second-order valence-electron chi connectivity index (χ2n) is 3.66. The summed E-state index contributed by atoms with van der Waals surface area (Å²) < 4.78 is 75.7. The molecule has 8 heteroatoms. The average Bonchev–Trinajstić information content (AvgIpc) is 2.74. The topological polar surface area (TPSA) is 17.8 Å². The van der Waals surface area contributed by atoms with Gasteiger partial charge in [0.25, 0.3) is 0 Å². The predicted molar refractivity (Wildman–Crippen MR) is 53.6 cm³/mol. The van der Waals surface area contributed by atoms with Crippen LogP contribution in [0.2, 0.25) is 0 Å². The molecular weight excluding hydrogens is 274 g/mol. The molecule has 102 valence electrons. The van der Waals surface area contributed by atoms with Crippen molar-refractivity contribution < 1.29 is 26.3 Å². The Morgan fingerprint density at radius 2 is 1.42 bits per heavy atom. The van der Waals surface area contributed by atoms with Crippen LogP contribution in [-0.2, 0) is 12.4 Å². The predicted octanol–water partition coefficient (Wildman–Crippen LogP) is 3.91. The second-order valence-corrected chi connectivity index (χ2v) is 3.66. The summed E-state index contributed by atoms with van der Waals surface area (Å²) in [5.41, 5.74) is -3.14. The van der Waals surface area contributed by atoms with Crippen molar-refractivity contribution in [3.63, 3.8) is 0 Å². The molecule has 0 N–H and O–H groups in total. The molecule has 0 saturated carbocycles. The minimum Gasteiger partial charge on any atom is -0.228 e. The molecule has 1 aromatic carbocycles. The van der Waals surface area contributed by atoms with Gasteiger partial charge in [0.2, 0.25) is 0 Å². The Kier molecular flexibility index (Phi) is 3.03. The van der Waals surface area contributed by atoms with Gasteiger partial charge < -0.3 is 0 Å². The lowest BCUT2D eigenvalue weighted by atomic mass is 10.3. The van der Waals surface area contributed by atoms with Crippen LogP contribution >= 0.6 is 0 Å². The Labute approximate surface area is 103 Å². The van der Waals surface area contributed by atoms with Gasteiger partial charge in [0.15, 0.2) is 5.69 Å². The zero-order chi connectivity index (χ0) is 14.3. The third-order valence-corrected chi connectivity index (χ3v) is 2.29. The largest absolute Gasteiger partial charge is 0.435 e. The maximum absolute atomic E-state index is 12.7. The first-order valence-corrected chi connectivity index (χ1v) is 4.99. The van der Waals surface area contributed by atoms with Crippen molar-refractivity contribution in [1.29, 1.82) is 0 Å². The highest BCUT2D eigenvalue weighted by Gasteiger charge is 2.42. The van der Waals surface area contributed by atoms with E-state index >= 15 is 0 Å². The van der Waals surface area contributed by atoms with Crippen molar-refractivity contribution in [2.24, 2.45) is 0 Å². The molecule has 0 fully saturated rings. The highest BCUT2D eigenvalue weighted by Crippen LogP contribution is 2.36. The average molecular weight is 280 g/mol. The molecule has 0 saturated heterocycles. The molecule has 2 aromatic rings. The quantitative estimate of drug-likeness (QED) is 0.724. The Hall–Kier alpha value is -1.99. The van der Waals surface area contributed by atoms with E-state index in [1.165, 1.54) is 30.3 Å². The van der Waals surface area contributed by atoms with Crippen molar-refractivity contribution in [3.8, 4) is 5.69 Å². The van der Waals surface area contributed by atoms with Gasteiger partial charge >= 0.3 is 12.4 Å². The summed E-state index contributed by atoms with van der Waals surface area (Å²) in [6.45, 7) is 0. The summed E-state index contributed by atoms with van der Waals surface area (Å²) >= 11 is 0. The van der Waals surface area contributed by atoms with Crippen LogP contribution in [0.4, 0.5) is 26.3 Å². The fraction of sp³-hybridized carbons (Fsp3) is 0.182. The molecular formula is C11H6F6N2. The molecule has 19 heavy (non-hydrogen) atoms. The first-order chi connectivity index (χ1) is 8.69. The summed E-state index contributed by atoms with van der Waals surface area (Å²) in [6.07, 6.45) is -9.85. The fourth-order valence-electron chi connectivity index (χ4n) is 1.49.